The lowest BCUT2D eigenvalue weighted by molar-refractivity contribution is 0.174. The molecule has 3 heterocycles. The molecule has 2 aromatic rings. The minimum atomic E-state index is 0.324. The first-order valence-electron chi connectivity index (χ1n) is 9.66. The molecule has 0 radical (unpaired) electrons. The Morgan fingerprint density at radius 1 is 1.04 bits per heavy atom. The lowest BCUT2D eigenvalue weighted by atomic mass is 10.1. The standard InChI is InChI=1S/C20H27N5O2/c1-3-6-21-20-22-15(2)11-19(23-20)25-9-7-24(8-10-25)13-16-4-5-17-18(12-16)27-14-26-17/h4-5,11-12H,3,6-10,13-14H2,1-2H3,(H,21,22,23). The second-order valence-corrected chi connectivity index (χ2v) is 7.07. The van der Waals surface area contributed by atoms with Crippen molar-refractivity contribution in [1.29, 1.82) is 0 Å². The van der Waals surface area contributed by atoms with Crippen LogP contribution in [0.2, 0.25) is 0 Å². The molecule has 0 amide bonds. The molecule has 0 bridgehead atoms. The second kappa shape index (κ2) is 8.00. The third-order valence-electron chi connectivity index (χ3n) is 4.91. The summed E-state index contributed by atoms with van der Waals surface area (Å²) in [5.74, 6) is 3.45. The maximum absolute atomic E-state index is 5.48. The molecular weight excluding hydrogens is 342 g/mol. The summed E-state index contributed by atoms with van der Waals surface area (Å²) in [6.45, 7) is 10.3. The smallest absolute Gasteiger partial charge is 0.231 e. The number of aryl methyl sites for hydroxylation is 1. The van der Waals surface area contributed by atoms with Gasteiger partial charge in [0.15, 0.2) is 11.5 Å². The molecule has 1 aromatic heterocycles. The minimum Gasteiger partial charge on any atom is -0.454 e. The van der Waals surface area contributed by atoms with Crippen molar-refractivity contribution in [1.82, 2.24) is 14.9 Å². The van der Waals surface area contributed by atoms with Gasteiger partial charge in [-0.05, 0) is 31.0 Å². The number of nitrogens with zero attached hydrogens (tertiary/aromatic N) is 4. The van der Waals surface area contributed by atoms with E-state index in [4.69, 9.17) is 14.5 Å². The van der Waals surface area contributed by atoms with Gasteiger partial charge in [-0.25, -0.2) is 4.98 Å². The Balaban J connectivity index is 1.35. The molecule has 144 valence electrons. The van der Waals surface area contributed by atoms with E-state index in [9.17, 15) is 0 Å². The summed E-state index contributed by atoms with van der Waals surface area (Å²) < 4.78 is 10.9. The Labute approximate surface area is 160 Å². The lowest BCUT2D eigenvalue weighted by Gasteiger charge is -2.35. The van der Waals surface area contributed by atoms with E-state index in [1.54, 1.807) is 0 Å². The van der Waals surface area contributed by atoms with E-state index in [1.165, 1.54) is 5.56 Å². The van der Waals surface area contributed by atoms with Crippen LogP contribution in [0.1, 0.15) is 24.6 Å². The Bertz CT molecular complexity index is 790. The first kappa shape index (κ1) is 17.9. The molecule has 1 fully saturated rings. The highest BCUT2D eigenvalue weighted by atomic mass is 16.7. The zero-order valence-corrected chi connectivity index (χ0v) is 16.1. The number of hydrogen-bond donors (Lipinski definition) is 1. The molecule has 0 saturated carbocycles. The highest BCUT2D eigenvalue weighted by molar-refractivity contribution is 5.46. The van der Waals surface area contributed by atoms with Crippen LogP contribution in [0.4, 0.5) is 11.8 Å². The van der Waals surface area contributed by atoms with Gasteiger partial charge in [-0.1, -0.05) is 13.0 Å². The fourth-order valence-electron chi connectivity index (χ4n) is 3.46. The summed E-state index contributed by atoms with van der Waals surface area (Å²) in [4.78, 5) is 14.0. The average molecular weight is 369 g/mol. The zero-order valence-electron chi connectivity index (χ0n) is 16.1. The third-order valence-corrected chi connectivity index (χ3v) is 4.91. The van der Waals surface area contributed by atoms with E-state index in [2.05, 4.69) is 45.2 Å². The van der Waals surface area contributed by atoms with E-state index in [1.807, 2.05) is 13.0 Å². The lowest BCUT2D eigenvalue weighted by Crippen LogP contribution is -2.46. The van der Waals surface area contributed by atoms with Crippen molar-refractivity contribution in [3.63, 3.8) is 0 Å². The van der Waals surface area contributed by atoms with Gasteiger partial charge in [0.05, 0.1) is 0 Å². The van der Waals surface area contributed by atoms with Gasteiger partial charge in [-0.15, -0.1) is 0 Å². The van der Waals surface area contributed by atoms with Gasteiger partial charge in [0.25, 0.3) is 0 Å². The van der Waals surface area contributed by atoms with Crippen molar-refractivity contribution in [2.45, 2.75) is 26.8 Å². The molecule has 0 spiro atoms. The number of ether oxygens (including phenoxy) is 2. The molecule has 7 nitrogen and oxygen atoms in total. The van der Waals surface area contributed by atoms with E-state index in [0.717, 1.165) is 74.6 Å². The number of fused-ring (bicyclic) bond motifs is 1. The number of rotatable bonds is 6. The predicted molar refractivity (Wildman–Crippen MR) is 106 cm³/mol. The summed E-state index contributed by atoms with van der Waals surface area (Å²) in [5, 5.41) is 3.30. The topological polar surface area (TPSA) is 62.8 Å². The molecule has 1 aromatic carbocycles. The summed E-state index contributed by atoms with van der Waals surface area (Å²) in [6.07, 6.45) is 1.06. The van der Waals surface area contributed by atoms with Gasteiger partial charge in [0, 0.05) is 51.0 Å². The van der Waals surface area contributed by atoms with Gasteiger partial charge >= 0.3 is 0 Å². The SMILES string of the molecule is CCCNc1nc(C)cc(N2CCN(Cc3ccc4c(c3)OCO4)CC2)n1. The van der Waals surface area contributed by atoms with Gasteiger partial charge < -0.3 is 19.7 Å². The third kappa shape index (κ3) is 4.24. The molecule has 7 heteroatoms. The van der Waals surface area contributed by atoms with Crippen LogP contribution in [0.3, 0.4) is 0 Å². The van der Waals surface area contributed by atoms with Crippen LogP contribution in [0, 0.1) is 6.92 Å². The summed E-state index contributed by atoms with van der Waals surface area (Å²) >= 11 is 0. The number of piperazine rings is 1. The predicted octanol–water partition coefficient (Wildman–Crippen LogP) is 2.66. The normalized spacial score (nSPS) is 16.6. The monoisotopic (exact) mass is 369 g/mol. The molecule has 2 aliphatic heterocycles. The minimum absolute atomic E-state index is 0.324. The van der Waals surface area contributed by atoms with Crippen LogP contribution in [-0.4, -0.2) is 54.4 Å². The van der Waals surface area contributed by atoms with Crippen molar-refractivity contribution in [2.75, 3.05) is 49.7 Å². The van der Waals surface area contributed by atoms with Gasteiger partial charge in [-0.2, -0.15) is 4.98 Å². The summed E-state index contributed by atoms with van der Waals surface area (Å²) in [7, 11) is 0. The first-order chi connectivity index (χ1) is 13.2. The Morgan fingerprint density at radius 2 is 1.85 bits per heavy atom. The largest absolute Gasteiger partial charge is 0.454 e. The number of hydrogen-bond acceptors (Lipinski definition) is 7. The summed E-state index contributed by atoms with van der Waals surface area (Å²) in [6, 6.07) is 8.29. The number of benzene rings is 1. The van der Waals surface area contributed by atoms with Gasteiger partial charge in [-0.3, -0.25) is 4.90 Å². The van der Waals surface area contributed by atoms with E-state index in [0.29, 0.717) is 6.79 Å². The first-order valence-corrected chi connectivity index (χ1v) is 9.66. The highest BCUT2D eigenvalue weighted by Crippen LogP contribution is 2.33. The fraction of sp³-hybridized carbons (Fsp3) is 0.500. The number of anilines is 2. The molecule has 27 heavy (non-hydrogen) atoms. The van der Waals surface area contributed by atoms with Crippen molar-refractivity contribution >= 4 is 11.8 Å². The van der Waals surface area contributed by atoms with Crippen molar-refractivity contribution in [3.8, 4) is 11.5 Å². The van der Waals surface area contributed by atoms with Crippen LogP contribution in [0.15, 0.2) is 24.3 Å². The molecule has 0 atom stereocenters. The van der Waals surface area contributed by atoms with Crippen LogP contribution in [0.5, 0.6) is 11.5 Å². The molecular formula is C20H27N5O2. The molecule has 1 N–H and O–H groups in total. The van der Waals surface area contributed by atoms with Crippen LogP contribution >= 0.6 is 0 Å². The molecule has 0 aliphatic carbocycles. The zero-order chi connectivity index (χ0) is 18.6. The van der Waals surface area contributed by atoms with Gasteiger partial charge in [0.2, 0.25) is 12.7 Å². The van der Waals surface area contributed by atoms with E-state index >= 15 is 0 Å². The number of nitrogens with one attached hydrogen (secondary N) is 1. The average Bonchev–Trinajstić information content (AvgIpc) is 3.14. The Hall–Kier alpha value is -2.54. The molecule has 4 rings (SSSR count). The fourth-order valence-corrected chi connectivity index (χ4v) is 3.46. The quantitative estimate of drug-likeness (QED) is 0.840. The van der Waals surface area contributed by atoms with Gasteiger partial charge in [0.1, 0.15) is 5.82 Å². The van der Waals surface area contributed by atoms with E-state index in [-0.39, 0.29) is 0 Å². The summed E-state index contributed by atoms with van der Waals surface area (Å²) in [5.41, 5.74) is 2.26. The van der Waals surface area contributed by atoms with E-state index < -0.39 is 0 Å². The maximum atomic E-state index is 5.48. The van der Waals surface area contributed by atoms with Crippen LogP contribution < -0.4 is 19.7 Å². The highest BCUT2D eigenvalue weighted by Gasteiger charge is 2.20. The Kier molecular flexibility index (Phi) is 5.29. The van der Waals surface area contributed by atoms with Crippen molar-refractivity contribution in [3.05, 3.63) is 35.5 Å². The maximum Gasteiger partial charge on any atom is 0.231 e. The second-order valence-electron chi connectivity index (χ2n) is 7.07. The van der Waals surface area contributed by atoms with Crippen molar-refractivity contribution < 1.29 is 9.47 Å². The molecule has 1 saturated heterocycles. The van der Waals surface area contributed by atoms with Crippen LogP contribution in [0.25, 0.3) is 0 Å². The molecule has 2 aliphatic rings. The molecule has 0 unspecified atom stereocenters. The Morgan fingerprint density at radius 3 is 2.67 bits per heavy atom. The van der Waals surface area contributed by atoms with Crippen molar-refractivity contribution in [2.24, 2.45) is 0 Å². The number of aromatic nitrogens is 2. The van der Waals surface area contributed by atoms with Crippen LogP contribution in [-0.2, 0) is 6.54 Å².